The third kappa shape index (κ3) is 5.20. The van der Waals surface area contributed by atoms with E-state index in [-0.39, 0.29) is 13.1 Å². The quantitative estimate of drug-likeness (QED) is 0.261. The van der Waals surface area contributed by atoms with Gasteiger partial charge in [0.25, 0.3) is 0 Å². The summed E-state index contributed by atoms with van der Waals surface area (Å²) in [6, 6.07) is 25.2. The molecule has 0 atom stereocenters. The fourth-order valence-corrected chi connectivity index (χ4v) is 4.19. The van der Waals surface area contributed by atoms with E-state index in [0.717, 1.165) is 29.2 Å². The minimum atomic E-state index is 0.194. The first-order chi connectivity index (χ1) is 16.1. The van der Waals surface area contributed by atoms with Crippen molar-refractivity contribution in [3.05, 3.63) is 107 Å². The van der Waals surface area contributed by atoms with Gasteiger partial charge in [0.2, 0.25) is 0 Å². The molecular weight excluding hydrogens is 493 g/mol. The second-order valence-electron chi connectivity index (χ2n) is 7.76. The van der Waals surface area contributed by atoms with Crippen molar-refractivity contribution in [1.82, 2.24) is 4.98 Å². The number of halogens is 2. The van der Waals surface area contributed by atoms with E-state index in [1.54, 1.807) is 0 Å². The molecule has 0 saturated heterocycles. The molecule has 5 rings (SSSR count). The molecule has 3 nitrogen and oxygen atoms in total. The molecular formula is C27H23Cl2FeN3. The Morgan fingerprint density at radius 3 is 2.06 bits per heavy atom. The van der Waals surface area contributed by atoms with Crippen LogP contribution < -0.4 is 0 Å². The number of aliphatic imine (C=N–C) groups is 2. The molecule has 168 valence electrons. The summed E-state index contributed by atoms with van der Waals surface area (Å²) in [4.78, 5) is 14.6. The van der Waals surface area contributed by atoms with Crippen molar-refractivity contribution in [3.8, 4) is 0 Å². The Labute approximate surface area is 209 Å². The molecule has 1 aromatic heterocycles. The molecule has 0 aliphatic heterocycles. The molecule has 0 amide bonds. The molecule has 1 aliphatic carbocycles. The number of benzene rings is 3. The number of hydrogen-bond donors (Lipinski definition) is 0. The Morgan fingerprint density at radius 2 is 1.42 bits per heavy atom. The molecule has 4 aromatic rings. The third-order valence-corrected chi connectivity index (χ3v) is 5.67. The molecule has 0 spiro atoms. The summed E-state index contributed by atoms with van der Waals surface area (Å²) in [5.41, 5.74) is 8.76. The van der Waals surface area contributed by atoms with Gasteiger partial charge in [-0.1, -0.05) is 60.7 Å². The topological polar surface area (TPSA) is 37.6 Å². The second-order valence-corrected chi connectivity index (χ2v) is 9.59. The van der Waals surface area contributed by atoms with Crippen molar-refractivity contribution in [2.75, 3.05) is 6.54 Å². The van der Waals surface area contributed by atoms with Crippen molar-refractivity contribution in [1.29, 1.82) is 0 Å². The third-order valence-electron chi connectivity index (χ3n) is 5.67. The number of para-hydroxylation sites is 1. The van der Waals surface area contributed by atoms with Gasteiger partial charge in [0, 0.05) is 41.4 Å². The zero-order valence-electron chi connectivity index (χ0n) is 18.4. The van der Waals surface area contributed by atoms with Gasteiger partial charge in [0.15, 0.2) is 0 Å². The van der Waals surface area contributed by atoms with Gasteiger partial charge in [-0.15, -0.1) is 0 Å². The Morgan fingerprint density at radius 1 is 0.788 bits per heavy atom. The van der Waals surface area contributed by atoms with E-state index < -0.39 is 0 Å². The Hall–Kier alpha value is -2.49. The maximum absolute atomic E-state index is 5.17. The SMILES string of the molecule is Cc1cccc(C)c1N=C1C(=NCCc2ccccn2)c2cccc3cccc1c23.[Cl][Fe][Cl]. The predicted octanol–water partition coefficient (Wildman–Crippen LogP) is 7.39. The molecule has 0 N–H and O–H groups in total. The van der Waals surface area contributed by atoms with E-state index >= 15 is 0 Å². The van der Waals surface area contributed by atoms with Crippen molar-refractivity contribution in [2.45, 2.75) is 20.3 Å². The Bertz CT molecular complexity index is 1310. The molecule has 0 bridgehead atoms. The fourth-order valence-electron chi connectivity index (χ4n) is 4.19. The molecule has 1 heterocycles. The van der Waals surface area contributed by atoms with Gasteiger partial charge in [0.1, 0.15) is 0 Å². The van der Waals surface area contributed by atoms with E-state index in [1.807, 2.05) is 18.3 Å². The van der Waals surface area contributed by atoms with Crippen molar-refractivity contribution in [3.63, 3.8) is 0 Å². The van der Waals surface area contributed by atoms with Crippen LogP contribution in [0.25, 0.3) is 10.8 Å². The fraction of sp³-hybridized carbons (Fsp3) is 0.148. The van der Waals surface area contributed by atoms with Gasteiger partial charge in [0.05, 0.1) is 17.1 Å². The van der Waals surface area contributed by atoms with E-state index in [4.69, 9.17) is 30.2 Å². The number of aryl methyl sites for hydroxylation is 2. The van der Waals surface area contributed by atoms with Crippen LogP contribution in [0.4, 0.5) is 5.69 Å². The van der Waals surface area contributed by atoms with Gasteiger partial charge in [-0.25, -0.2) is 4.99 Å². The van der Waals surface area contributed by atoms with Crippen LogP contribution >= 0.6 is 20.2 Å². The average molecular weight is 516 g/mol. The molecule has 3 aromatic carbocycles. The molecule has 0 fully saturated rings. The van der Waals surface area contributed by atoms with Crippen LogP contribution in [-0.2, 0) is 19.6 Å². The summed E-state index contributed by atoms with van der Waals surface area (Å²) in [7, 11) is 9.53. The van der Waals surface area contributed by atoms with Gasteiger partial charge in [-0.05, 0) is 42.5 Å². The zero-order valence-corrected chi connectivity index (χ0v) is 21.0. The van der Waals surface area contributed by atoms with Crippen LogP contribution in [0, 0.1) is 13.8 Å². The average Bonchev–Trinajstić information content (AvgIpc) is 3.12. The molecule has 1 aliphatic rings. The monoisotopic (exact) mass is 515 g/mol. The standard InChI is InChI=1S/C27H23N3.2ClH.Fe/c1-18-8-5-9-19(2)25(18)30-27-23-14-7-11-20-10-6-13-22(24(20)23)26(27)29-17-15-21-12-3-4-16-28-21;;;/h3-14,16H,15,17H2,1-2H3;2*1H;/q;;;+2/p-2. The number of pyridine rings is 1. The summed E-state index contributed by atoms with van der Waals surface area (Å²) in [5, 5.41) is 2.48. The van der Waals surface area contributed by atoms with Crippen LogP contribution in [0.2, 0.25) is 0 Å². The summed E-state index contributed by atoms with van der Waals surface area (Å²) < 4.78 is 0. The normalized spacial score (nSPS) is 14.7. The summed E-state index contributed by atoms with van der Waals surface area (Å²) >= 11 is 0.194. The molecule has 0 radical (unpaired) electrons. The molecule has 6 heteroatoms. The first kappa shape index (κ1) is 23.7. The number of nitrogens with zero attached hydrogens (tertiary/aromatic N) is 3. The Balaban J connectivity index is 0.000000821. The first-order valence-corrected chi connectivity index (χ1v) is 13.6. The summed E-state index contributed by atoms with van der Waals surface area (Å²) in [6.07, 6.45) is 2.65. The summed E-state index contributed by atoms with van der Waals surface area (Å²) in [5.74, 6) is 0. The van der Waals surface area contributed by atoms with Crippen LogP contribution in [0.5, 0.6) is 0 Å². The van der Waals surface area contributed by atoms with Crippen LogP contribution in [-0.4, -0.2) is 23.0 Å². The van der Waals surface area contributed by atoms with Crippen molar-refractivity contribution in [2.24, 2.45) is 9.98 Å². The zero-order chi connectivity index (χ0) is 23.2. The van der Waals surface area contributed by atoms with Gasteiger partial charge in [-0.3, -0.25) is 9.98 Å². The van der Waals surface area contributed by atoms with Crippen LogP contribution in [0.1, 0.15) is 27.9 Å². The number of aromatic nitrogens is 1. The van der Waals surface area contributed by atoms with Crippen molar-refractivity contribution < 1.29 is 13.1 Å². The first-order valence-electron chi connectivity index (χ1n) is 10.6. The Kier molecular flexibility index (Phi) is 7.95. The van der Waals surface area contributed by atoms with Crippen molar-refractivity contribution >= 4 is 48.1 Å². The molecule has 0 saturated carbocycles. The number of hydrogen-bond acceptors (Lipinski definition) is 3. The maximum atomic E-state index is 5.17. The number of rotatable bonds is 4. The van der Waals surface area contributed by atoms with E-state index in [0.29, 0.717) is 6.54 Å². The molecule has 0 unspecified atom stereocenters. The van der Waals surface area contributed by atoms with Crippen LogP contribution in [0.3, 0.4) is 0 Å². The van der Waals surface area contributed by atoms with E-state index in [9.17, 15) is 0 Å². The van der Waals surface area contributed by atoms with E-state index in [1.165, 1.54) is 33.0 Å². The van der Waals surface area contributed by atoms with Crippen LogP contribution in [0.15, 0.2) is 89.0 Å². The van der Waals surface area contributed by atoms with Gasteiger partial charge in [-0.2, -0.15) is 0 Å². The minimum absolute atomic E-state index is 0.194. The molecule has 33 heavy (non-hydrogen) atoms. The van der Waals surface area contributed by atoms with Gasteiger partial charge >= 0.3 is 33.3 Å². The van der Waals surface area contributed by atoms with E-state index in [2.05, 4.69) is 79.5 Å². The van der Waals surface area contributed by atoms with Gasteiger partial charge < -0.3 is 0 Å². The summed E-state index contributed by atoms with van der Waals surface area (Å²) in [6.45, 7) is 4.92. The predicted molar refractivity (Wildman–Crippen MR) is 137 cm³/mol. The second kappa shape index (κ2) is 11.1.